The lowest BCUT2D eigenvalue weighted by atomic mass is 9.33. The molecule has 9 aromatic carbocycles. The van der Waals surface area contributed by atoms with Crippen molar-refractivity contribution in [2.24, 2.45) is 0 Å². The average Bonchev–Trinajstić information content (AvgIpc) is 4.01. The molecule has 0 radical (unpaired) electrons. The fourth-order valence-corrected chi connectivity index (χ4v) is 12.2. The number of benzene rings is 9. The fourth-order valence-electron chi connectivity index (χ4n) is 12.2. The third-order valence-electron chi connectivity index (χ3n) is 16.3. The molecule has 1 aromatic heterocycles. The quantitative estimate of drug-likeness (QED) is 0.148. The van der Waals surface area contributed by atoms with Gasteiger partial charge >= 0.3 is 0 Å². The van der Waals surface area contributed by atoms with Crippen LogP contribution >= 0.6 is 0 Å². The second kappa shape index (κ2) is 18.2. The van der Waals surface area contributed by atoms with Crippen LogP contribution in [0.4, 0.5) is 51.2 Å². The molecule has 0 N–H and O–H groups in total. The molecule has 0 saturated carbocycles. The van der Waals surface area contributed by atoms with E-state index in [1.165, 1.54) is 72.2 Å². The summed E-state index contributed by atoms with van der Waals surface area (Å²) in [5.74, 6) is 1.08. The lowest BCUT2D eigenvalue weighted by Crippen LogP contribution is -2.61. The smallest absolute Gasteiger partial charge is 0.252 e. The van der Waals surface area contributed by atoms with Gasteiger partial charge in [-0.25, -0.2) is 0 Å². The zero-order valence-electron chi connectivity index (χ0n) is 45.9. The maximum atomic E-state index is 6.43. The van der Waals surface area contributed by atoms with Gasteiger partial charge < -0.3 is 19.1 Å². The highest BCUT2D eigenvalue weighted by Gasteiger charge is 2.45. The molecule has 0 unspecified atom stereocenters. The molecule has 0 bridgehead atoms. The van der Waals surface area contributed by atoms with Crippen LogP contribution < -0.4 is 31.1 Å². The average molecular weight is 1000 g/mol. The minimum absolute atomic E-state index is 0.0222. The standard InChI is InChI=1S/C72H66BN3O/c1-70(2,3)50-32-35-54(36-33-50)75-63-39-34-51(71(4,5)6)43-61(63)73-60-38-37-56(74(53-24-14-11-15-25-53)62-29-18-16-27-57(62)47-21-12-10-13-22-47)46-64(60)76(66-45-52(72(7,8)9)44-65(75)69(66)73)55-26-20-23-48(41-55)49-31-40-68-59(42-49)58-28-17-19-30-67(58)77-68/h10-18,20-29,31-46H,19,30H2,1-9H3. The number of hydrogen-bond acceptors (Lipinski definition) is 4. The molecule has 1 aliphatic carbocycles. The molecular weight excluding hydrogens is 934 g/mol. The van der Waals surface area contributed by atoms with Gasteiger partial charge in [-0.05, 0) is 157 Å². The number of furan rings is 1. The van der Waals surface area contributed by atoms with Crippen LogP contribution in [-0.2, 0) is 22.7 Å². The van der Waals surface area contributed by atoms with E-state index in [1.807, 2.05) is 0 Å². The summed E-state index contributed by atoms with van der Waals surface area (Å²) in [6, 6.07) is 75.5. The van der Waals surface area contributed by atoms with Gasteiger partial charge in [0, 0.05) is 68.4 Å². The molecule has 0 fully saturated rings. The van der Waals surface area contributed by atoms with Crippen LogP contribution in [0.25, 0.3) is 39.3 Å². The van der Waals surface area contributed by atoms with Gasteiger partial charge in [0.25, 0.3) is 6.71 Å². The Kier molecular flexibility index (Phi) is 11.4. The van der Waals surface area contributed by atoms with E-state index in [2.05, 4.69) is 289 Å². The summed E-state index contributed by atoms with van der Waals surface area (Å²) in [6.45, 7) is 20.9. The highest BCUT2D eigenvalue weighted by Crippen LogP contribution is 2.50. The van der Waals surface area contributed by atoms with E-state index < -0.39 is 0 Å². The second-order valence-electron chi connectivity index (χ2n) is 24.5. The van der Waals surface area contributed by atoms with Gasteiger partial charge in [-0.2, -0.15) is 0 Å². The number of rotatable bonds is 7. The van der Waals surface area contributed by atoms with Crippen molar-refractivity contribution < 1.29 is 4.42 Å². The molecule has 0 amide bonds. The van der Waals surface area contributed by atoms with Crippen molar-refractivity contribution in [3.8, 4) is 22.3 Å². The van der Waals surface area contributed by atoms with Gasteiger partial charge in [0.2, 0.25) is 0 Å². The maximum absolute atomic E-state index is 6.43. The molecular formula is C72H66BN3O. The lowest BCUT2D eigenvalue weighted by molar-refractivity contribution is 0.546. The van der Waals surface area contributed by atoms with E-state index in [0.717, 1.165) is 69.4 Å². The van der Waals surface area contributed by atoms with Crippen LogP contribution in [0.2, 0.25) is 0 Å². The number of aryl methyl sites for hydroxylation is 1. The number of allylic oxidation sites excluding steroid dienone is 1. The van der Waals surface area contributed by atoms with Crippen LogP contribution in [0.3, 0.4) is 0 Å². The minimum Gasteiger partial charge on any atom is -0.460 e. The molecule has 378 valence electrons. The van der Waals surface area contributed by atoms with Crippen molar-refractivity contribution in [2.45, 2.75) is 91.4 Å². The Bertz CT molecular complexity index is 3940. The predicted octanol–water partition coefficient (Wildman–Crippen LogP) is 18.2. The topological polar surface area (TPSA) is 22.9 Å². The van der Waals surface area contributed by atoms with Crippen molar-refractivity contribution in [3.63, 3.8) is 0 Å². The minimum atomic E-state index is -0.173. The Morgan fingerprint density at radius 2 is 1.10 bits per heavy atom. The summed E-state index contributed by atoms with van der Waals surface area (Å²) in [5.41, 5.74) is 24.8. The first-order valence-corrected chi connectivity index (χ1v) is 27.6. The van der Waals surface area contributed by atoms with Gasteiger partial charge in [-0.15, -0.1) is 0 Å². The van der Waals surface area contributed by atoms with Crippen LogP contribution in [0.1, 0.15) is 96.7 Å². The SMILES string of the molecule is CC(C)(C)c1ccc(N2c3ccc(C(C)(C)C)cc3B3c4ccc(N(c5ccccc5)c5ccccc5-c5ccccc5)cc4N(c4cccc(-c5ccc6oc7c(c6c5)C=CCC7)c4)c4cc(C(C)(C)C)cc2c43)cc1. The van der Waals surface area contributed by atoms with Crippen molar-refractivity contribution in [1.29, 1.82) is 0 Å². The molecule has 0 spiro atoms. The van der Waals surface area contributed by atoms with Crippen LogP contribution in [0, 0.1) is 0 Å². The number of fused-ring (bicyclic) bond motifs is 7. The molecule has 2 aliphatic heterocycles. The second-order valence-corrected chi connectivity index (χ2v) is 24.5. The van der Waals surface area contributed by atoms with Crippen molar-refractivity contribution in [1.82, 2.24) is 0 Å². The summed E-state index contributed by atoms with van der Waals surface area (Å²) in [7, 11) is 0. The molecule has 3 aliphatic rings. The van der Waals surface area contributed by atoms with Gasteiger partial charge in [0.15, 0.2) is 0 Å². The molecule has 5 heteroatoms. The Morgan fingerprint density at radius 1 is 0.455 bits per heavy atom. The van der Waals surface area contributed by atoms with Gasteiger partial charge in [0.1, 0.15) is 11.3 Å². The Morgan fingerprint density at radius 3 is 1.83 bits per heavy atom. The first-order valence-electron chi connectivity index (χ1n) is 27.6. The zero-order chi connectivity index (χ0) is 53.0. The van der Waals surface area contributed by atoms with Crippen molar-refractivity contribution >= 4 is 91.3 Å². The highest BCUT2D eigenvalue weighted by molar-refractivity contribution is 7.00. The highest BCUT2D eigenvalue weighted by atomic mass is 16.3. The third-order valence-corrected chi connectivity index (χ3v) is 16.3. The maximum Gasteiger partial charge on any atom is 0.252 e. The Labute approximate surface area is 456 Å². The molecule has 3 heterocycles. The van der Waals surface area contributed by atoms with Crippen molar-refractivity contribution in [3.05, 3.63) is 234 Å². The van der Waals surface area contributed by atoms with E-state index in [0.29, 0.717) is 0 Å². The van der Waals surface area contributed by atoms with E-state index in [9.17, 15) is 0 Å². The molecule has 13 rings (SSSR count). The first kappa shape index (κ1) is 48.4. The number of hydrogen-bond donors (Lipinski definition) is 0. The number of anilines is 9. The summed E-state index contributed by atoms with van der Waals surface area (Å²) in [4.78, 5) is 7.62. The Balaban J connectivity index is 1.10. The molecule has 77 heavy (non-hydrogen) atoms. The van der Waals surface area contributed by atoms with E-state index in [4.69, 9.17) is 4.42 Å². The molecule has 0 saturated heterocycles. The Hall–Kier alpha value is -8.28. The number of nitrogens with zero attached hydrogens (tertiary/aromatic N) is 3. The van der Waals surface area contributed by atoms with E-state index in [-0.39, 0.29) is 23.0 Å². The largest absolute Gasteiger partial charge is 0.460 e. The van der Waals surface area contributed by atoms with Gasteiger partial charge in [-0.3, -0.25) is 0 Å². The van der Waals surface area contributed by atoms with Crippen molar-refractivity contribution in [2.75, 3.05) is 14.7 Å². The van der Waals surface area contributed by atoms with Crippen LogP contribution in [-0.4, -0.2) is 6.71 Å². The summed E-state index contributed by atoms with van der Waals surface area (Å²) in [6.07, 6.45) is 6.46. The molecule has 10 aromatic rings. The predicted molar refractivity (Wildman–Crippen MR) is 329 cm³/mol. The van der Waals surface area contributed by atoms with Gasteiger partial charge in [0.05, 0.1) is 5.69 Å². The summed E-state index contributed by atoms with van der Waals surface area (Å²) < 4.78 is 6.43. The normalized spacial score (nSPS) is 13.8. The fraction of sp³-hybridized carbons (Fsp3) is 0.194. The third kappa shape index (κ3) is 8.39. The van der Waals surface area contributed by atoms with E-state index >= 15 is 0 Å². The first-order chi connectivity index (χ1) is 37.1. The van der Waals surface area contributed by atoms with E-state index in [1.54, 1.807) is 0 Å². The zero-order valence-corrected chi connectivity index (χ0v) is 45.9. The molecule has 0 atom stereocenters. The van der Waals surface area contributed by atoms with Crippen LogP contribution in [0.15, 0.2) is 211 Å². The summed E-state index contributed by atoms with van der Waals surface area (Å²) in [5, 5.41) is 1.17. The monoisotopic (exact) mass is 1000 g/mol. The lowest BCUT2D eigenvalue weighted by Gasteiger charge is -2.45. The van der Waals surface area contributed by atoms with Crippen LogP contribution in [0.5, 0.6) is 0 Å². The van der Waals surface area contributed by atoms with Gasteiger partial charge in [-0.1, -0.05) is 190 Å². The molecule has 4 nitrogen and oxygen atoms in total. The number of para-hydroxylation sites is 2. The summed E-state index contributed by atoms with van der Waals surface area (Å²) >= 11 is 0.